The molecule has 2 fully saturated rings. The summed E-state index contributed by atoms with van der Waals surface area (Å²) in [5.41, 5.74) is 0. The first-order valence-corrected chi connectivity index (χ1v) is 6.52. The molecule has 0 aromatic heterocycles. The molecule has 0 bridgehead atoms. The normalized spacial score (nSPS) is 33.3. The number of hydrogen-bond acceptors (Lipinski definition) is 2. The fraction of sp³-hybridized carbons (Fsp3) is 0.846. The molecule has 3 nitrogen and oxygen atoms in total. The van der Waals surface area contributed by atoms with Gasteiger partial charge in [-0.15, -0.1) is 0 Å². The van der Waals surface area contributed by atoms with Crippen LogP contribution in [0.1, 0.15) is 51.9 Å². The van der Waals surface area contributed by atoms with Crippen molar-refractivity contribution in [3.8, 4) is 0 Å². The van der Waals surface area contributed by atoms with Crippen LogP contribution in [0.3, 0.4) is 0 Å². The Morgan fingerprint density at radius 3 is 2.31 bits per heavy atom. The zero-order valence-corrected chi connectivity index (χ0v) is 10.00. The molecule has 1 N–H and O–H groups in total. The van der Waals surface area contributed by atoms with Crippen LogP contribution in [0.25, 0.3) is 0 Å². The summed E-state index contributed by atoms with van der Waals surface area (Å²) in [6.45, 7) is 1.97. The smallest absolute Gasteiger partial charge is 0.229 e. The highest BCUT2D eigenvalue weighted by Gasteiger charge is 2.37. The summed E-state index contributed by atoms with van der Waals surface area (Å²) in [7, 11) is 0. The minimum atomic E-state index is -0.0719. The Hall–Kier alpha value is -0.860. The highest BCUT2D eigenvalue weighted by Crippen LogP contribution is 2.36. The minimum Gasteiger partial charge on any atom is -0.296 e. The molecule has 3 heteroatoms. The molecule has 2 rings (SSSR count). The quantitative estimate of drug-likeness (QED) is 0.547. The monoisotopic (exact) mass is 223 g/mol. The van der Waals surface area contributed by atoms with Gasteiger partial charge in [-0.3, -0.25) is 14.9 Å². The number of carbonyl (C=O) groups excluding carboxylic acids is 2. The largest absolute Gasteiger partial charge is 0.296 e. The first kappa shape index (κ1) is 11.6. The average molecular weight is 223 g/mol. The molecule has 2 amide bonds. The van der Waals surface area contributed by atoms with Gasteiger partial charge in [0.1, 0.15) is 0 Å². The molecule has 1 saturated heterocycles. The van der Waals surface area contributed by atoms with Crippen LogP contribution in [0, 0.1) is 17.8 Å². The molecule has 16 heavy (non-hydrogen) atoms. The Labute approximate surface area is 97.0 Å². The lowest BCUT2D eigenvalue weighted by Crippen LogP contribution is -2.46. The van der Waals surface area contributed by atoms with Crippen LogP contribution >= 0.6 is 0 Å². The molecule has 2 unspecified atom stereocenters. The molecule has 0 spiro atoms. The van der Waals surface area contributed by atoms with E-state index >= 15 is 0 Å². The van der Waals surface area contributed by atoms with Crippen molar-refractivity contribution in [1.82, 2.24) is 5.32 Å². The number of piperidine rings is 1. The van der Waals surface area contributed by atoms with Crippen molar-refractivity contribution in [3.63, 3.8) is 0 Å². The van der Waals surface area contributed by atoms with Crippen molar-refractivity contribution in [2.75, 3.05) is 0 Å². The van der Waals surface area contributed by atoms with E-state index in [9.17, 15) is 9.59 Å². The Kier molecular flexibility index (Phi) is 3.62. The first-order chi connectivity index (χ1) is 7.68. The zero-order valence-electron chi connectivity index (χ0n) is 10.00. The van der Waals surface area contributed by atoms with Gasteiger partial charge in [0, 0.05) is 12.3 Å². The van der Waals surface area contributed by atoms with Crippen molar-refractivity contribution in [1.29, 1.82) is 0 Å². The summed E-state index contributed by atoms with van der Waals surface area (Å²) in [6.07, 6.45) is 8.13. The molecule has 1 saturated carbocycles. The number of amides is 2. The Balaban J connectivity index is 2.05. The van der Waals surface area contributed by atoms with E-state index in [1.165, 1.54) is 38.5 Å². The fourth-order valence-electron chi connectivity index (χ4n) is 3.20. The lowest BCUT2D eigenvalue weighted by molar-refractivity contribution is -0.139. The van der Waals surface area contributed by atoms with Gasteiger partial charge in [-0.2, -0.15) is 0 Å². The van der Waals surface area contributed by atoms with E-state index in [4.69, 9.17) is 0 Å². The van der Waals surface area contributed by atoms with Gasteiger partial charge >= 0.3 is 0 Å². The Bertz CT molecular complexity index is 280. The number of nitrogens with one attached hydrogen (secondary N) is 1. The maximum atomic E-state index is 11.6. The van der Waals surface area contributed by atoms with Gasteiger partial charge in [0.15, 0.2) is 0 Å². The van der Waals surface area contributed by atoms with Gasteiger partial charge in [0.05, 0.1) is 0 Å². The van der Waals surface area contributed by atoms with E-state index in [2.05, 4.69) is 5.32 Å². The van der Waals surface area contributed by atoms with Crippen LogP contribution in [0.15, 0.2) is 0 Å². The molecule has 0 radical (unpaired) electrons. The van der Waals surface area contributed by atoms with Gasteiger partial charge in [0.2, 0.25) is 11.8 Å². The van der Waals surface area contributed by atoms with Gasteiger partial charge in [0.25, 0.3) is 0 Å². The summed E-state index contributed by atoms with van der Waals surface area (Å²) in [6, 6.07) is 0. The van der Waals surface area contributed by atoms with Crippen LogP contribution in [0.5, 0.6) is 0 Å². The summed E-state index contributed by atoms with van der Waals surface area (Å²) in [4.78, 5) is 23.0. The van der Waals surface area contributed by atoms with Crippen LogP contribution < -0.4 is 5.32 Å². The highest BCUT2D eigenvalue weighted by atomic mass is 16.2. The second-order valence-corrected chi connectivity index (χ2v) is 5.32. The molecule has 0 aromatic rings. The maximum absolute atomic E-state index is 11.6. The van der Waals surface area contributed by atoms with Crippen LogP contribution in [0.2, 0.25) is 0 Å². The highest BCUT2D eigenvalue weighted by molar-refractivity contribution is 5.98. The molecule has 0 aromatic carbocycles. The van der Waals surface area contributed by atoms with Crippen molar-refractivity contribution in [3.05, 3.63) is 0 Å². The molecule has 1 aliphatic carbocycles. The second kappa shape index (κ2) is 4.98. The third kappa shape index (κ3) is 2.45. The molecule has 2 atom stereocenters. The maximum Gasteiger partial charge on any atom is 0.229 e. The molecular formula is C13H21NO2. The number of hydrogen-bond donors (Lipinski definition) is 1. The summed E-state index contributed by atoms with van der Waals surface area (Å²) in [5, 5.41) is 2.44. The van der Waals surface area contributed by atoms with Crippen molar-refractivity contribution >= 4 is 11.8 Å². The SMILES string of the molecule is CC1C(=O)NC(=O)CC1C1CCCCCC1. The van der Waals surface area contributed by atoms with Crippen molar-refractivity contribution in [2.45, 2.75) is 51.9 Å². The fourth-order valence-corrected chi connectivity index (χ4v) is 3.20. The van der Waals surface area contributed by atoms with Gasteiger partial charge < -0.3 is 0 Å². The van der Waals surface area contributed by atoms with E-state index < -0.39 is 0 Å². The standard InChI is InChI=1S/C13H21NO2/c1-9-11(8-12(15)14-13(9)16)10-6-4-2-3-5-7-10/h9-11H,2-8H2,1H3,(H,14,15,16). The third-order valence-corrected chi connectivity index (χ3v) is 4.24. The number of rotatable bonds is 1. The van der Waals surface area contributed by atoms with Crippen LogP contribution in [-0.4, -0.2) is 11.8 Å². The Morgan fingerprint density at radius 1 is 1.06 bits per heavy atom. The van der Waals surface area contributed by atoms with Crippen LogP contribution in [-0.2, 0) is 9.59 Å². The predicted octanol–water partition coefficient (Wildman–Crippen LogP) is 2.26. The number of carbonyl (C=O) groups is 2. The van der Waals surface area contributed by atoms with Gasteiger partial charge in [-0.25, -0.2) is 0 Å². The lowest BCUT2D eigenvalue weighted by atomic mass is 9.74. The third-order valence-electron chi connectivity index (χ3n) is 4.24. The lowest BCUT2D eigenvalue weighted by Gasteiger charge is -2.33. The summed E-state index contributed by atoms with van der Waals surface area (Å²) >= 11 is 0. The molecule has 1 aliphatic heterocycles. The average Bonchev–Trinajstić information content (AvgIpc) is 2.51. The summed E-state index contributed by atoms with van der Waals surface area (Å²) in [5.74, 6) is 0.760. The van der Waals surface area contributed by atoms with E-state index in [0.29, 0.717) is 18.3 Å². The second-order valence-electron chi connectivity index (χ2n) is 5.32. The van der Waals surface area contributed by atoms with Crippen LogP contribution in [0.4, 0.5) is 0 Å². The predicted molar refractivity (Wildman–Crippen MR) is 61.6 cm³/mol. The van der Waals surface area contributed by atoms with Gasteiger partial charge in [-0.1, -0.05) is 45.4 Å². The Morgan fingerprint density at radius 2 is 1.69 bits per heavy atom. The molecule has 2 aliphatic rings. The summed E-state index contributed by atoms with van der Waals surface area (Å²) < 4.78 is 0. The van der Waals surface area contributed by atoms with E-state index in [1.54, 1.807) is 0 Å². The number of imide groups is 1. The molecule has 1 heterocycles. The van der Waals surface area contributed by atoms with Crippen molar-refractivity contribution < 1.29 is 9.59 Å². The van der Waals surface area contributed by atoms with Crippen molar-refractivity contribution in [2.24, 2.45) is 17.8 Å². The molecule has 90 valence electrons. The zero-order chi connectivity index (χ0) is 11.5. The molecular weight excluding hydrogens is 202 g/mol. The van der Waals surface area contributed by atoms with E-state index in [1.807, 2.05) is 6.92 Å². The van der Waals surface area contributed by atoms with E-state index in [-0.39, 0.29) is 17.7 Å². The first-order valence-electron chi connectivity index (χ1n) is 6.52. The minimum absolute atomic E-state index is 0.0146. The topological polar surface area (TPSA) is 46.2 Å². The van der Waals surface area contributed by atoms with Gasteiger partial charge in [-0.05, 0) is 11.8 Å². The van der Waals surface area contributed by atoms with E-state index in [0.717, 1.165) is 0 Å².